The predicted molar refractivity (Wildman–Crippen MR) is 124 cm³/mol. The standard InChI is InChI=1S/C25H29N3OS/c29-24(17-23-19-30-25(27-23)21-12-6-2-7-13-21)26-22(16-20-10-4-1-5-11-20)18-28-14-8-3-9-15-28/h1-2,4-7,10-13,19,22H,3,8-9,14-18H2,(H,26,29). The normalized spacial score (nSPS) is 15.6. The Bertz CT molecular complexity index is 920. The molecule has 0 saturated carbocycles. The van der Waals surface area contributed by atoms with Crippen LogP contribution in [0.3, 0.4) is 0 Å². The van der Waals surface area contributed by atoms with Gasteiger partial charge in [-0.1, -0.05) is 67.1 Å². The summed E-state index contributed by atoms with van der Waals surface area (Å²) in [4.78, 5) is 20.0. The summed E-state index contributed by atoms with van der Waals surface area (Å²) in [6, 6.07) is 20.7. The highest BCUT2D eigenvalue weighted by molar-refractivity contribution is 7.13. The van der Waals surface area contributed by atoms with Crippen molar-refractivity contribution in [1.29, 1.82) is 0 Å². The lowest BCUT2D eigenvalue weighted by atomic mass is 10.0. The predicted octanol–water partition coefficient (Wildman–Crippen LogP) is 4.57. The Hall–Kier alpha value is -2.50. The van der Waals surface area contributed by atoms with E-state index in [2.05, 4.69) is 51.6 Å². The number of hydrogen-bond acceptors (Lipinski definition) is 4. The van der Waals surface area contributed by atoms with E-state index in [0.29, 0.717) is 6.42 Å². The molecule has 4 nitrogen and oxygen atoms in total. The Kier molecular flexibility index (Phi) is 7.27. The maximum Gasteiger partial charge on any atom is 0.226 e. The highest BCUT2D eigenvalue weighted by atomic mass is 32.1. The van der Waals surface area contributed by atoms with Crippen LogP contribution in [-0.2, 0) is 17.6 Å². The molecule has 1 amide bonds. The Morgan fingerprint density at radius 1 is 1.00 bits per heavy atom. The van der Waals surface area contributed by atoms with E-state index in [0.717, 1.165) is 42.3 Å². The molecule has 0 radical (unpaired) electrons. The Balaban J connectivity index is 1.38. The first kappa shape index (κ1) is 20.8. The largest absolute Gasteiger partial charge is 0.351 e. The van der Waals surface area contributed by atoms with E-state index in [1.165, 1.54) is 24.8 Å². The van der Waals surface area contributed by atoms with Gasteiger partial charge < -0.3 is 10.2 Å². The van der Waals surface area contributed by atoms with Gasteiger partial charge in [0.15, 0.2) is 0 Å². The summed E-state index contributed by atoms with van der Waals surface area (Å²) in [6.45, 7) is 3.17. The van der Waals surface area contributed by atoms with Gasteiger partial charge in [-0.2, -0.15) is 0 Å². The number of carbonyl (C=O) groups excluding carboxylic acids is 1. The van der Waals surface area contributed by atoms with Gasteiger partial charge in [0.25, 0.3) is 0 Å². The lowest BCUT2D eigenvalue weighted by Crippen LogP contribution is -2.46. The van der Waals surface area contributed by atoms with Crippen LogP contribution in [0.25, 0.3) is 10.6 Å². The van der Waals surface area contributed by atoms with Gasteiger partial charge in [-0.05, 0) is 37.9 Å². The van der Waals surface area contributed by atoms with E-state index >= 15 is 0 Å². The second kappa shape index (κ2) is 10.5. The average Bonchev–Trinajstić information content (AvgIpc) is 3.24. The number of thiazole rings is 1. The molecule has 1 N–H and O–H groups in total. The van der Waals surface area contributed by atoms with E-state index < -0.39 is 0 Å². The lowest BCUT2D eigenvalue weighted by molar-refractivity contribution is -0.121. The van der Waals surface area contributed by atoms with Gasteiger partial charge >= 0.3 is 0 Å². The van der Waals surface area contributed by atoms with E-state index in [1.54, 1.807) is 11.3 Å². The van der Waals surface area contributed by atoms with Crippen LogP contribution in [0.5, 0.6) is 0 Å². The van der Waals surface area contributed by atoms with Crippen LogP contribution >= 0.6 is 11.3 Å². The van der Waals surface area contributed by atoms with Gasteiger partial charge in [-0.3, -0.25) is 4.79 Å². The molecule has 1 saturated heterocycles. The maximum atomic E-state index is 12.8. The minimum absolute atomic E-state index is 0.0536. The van der Waals surface area contributed by atoms with Crippen molar-refractivity contribution in [2.45, 2.75) is 38.1 Å². The molecular formula is C25H29N3OS. The van der Waals surface area contributed by atoms with Crippen molar-refractivity contribution < 1.29 is 4.79 Å². The Labute approximate surface area is 183 Å². The van der Waals surface area contributed by atoms with Gasteiger partial charge in [-0.25, -0.2) is 4.98 Å². The molecule has 4 rings (SSSR count). The van der Waals surface area contributed by atoms with Gasteiger partial charge in [0, 0.05) is 23.5 Å². The smallest absolute Gasteiger partial charge is 0.226 e. The molecule has 0 aliphatic carbocycles. The van der Waals surface area contributed by atoms with Gasteiger partial charge in [0.05, 0.1) is 12.1 Å². The third-order valence-electron chi connectivity index (χ3n) is 5.53. The van der Waals surface area contributed by atoms with E-state index in [1.807, 2.05) is 29.6 Å². The monoisotopic (exact) mass is 419 g/mol. The minimum atomic E-state index is 0.0536. The van der Waals surface area contributed by atoms with Crippen molar-refractivity contribution in [3.8, 4) is 10.6 Å². The lowest BCUT2D eigenvalue weighted by Gasteiger charge is -2.31. The second-order valence-electron chi connectivity index (χ2n) is 8.00. The summed E-state index contributed by atoms with van der Waals surface area (Å²) < 4.78 is 0. The van der Waals surface area contributed by atoms with Crippen molar-refractivity contribution in [2.24, 2.45) is 0 Å². The fourth-order valence-corrected chi connectivity index (χ4v) is 4.88. The van der Waals surface area contributed by atoms with Crippen LogP contribution in [0.15, 0.2) is 66.0 Å². The van der Waals surface area contributed by atoms with Crippen LogP contribution < -0.4 is 5.32 Å². The molecule has 1 fully saturated rings. The van der Waals surface area contributed by atoms with Crippen molar-refractivity contribution in [1.82, 2.24) is 15.2 Å². The van der Waals surface area contributed by atoms with E-state index in [9.17, 15) is 4.79 Å². The third-order valence-corrected chi connectivity index (χ3v) is 6.47. The van der Waals surface area contributed by atoms with Gasteiger partial charge in [0.1, 0.15) is 5.01 Å². The van der Waals surface area contributed by atoms with E-state index in [4.69, 9.17) is 0 Å². The SMILES string of the molecule is O=C(Cc1csc(-c2ccccc2)n1)NC(Cc1ccccc1)CN1CCCCC1. The van der Waals surface area contributed by atoms with Crippen molar-refractivity contribution in [3.63, 3.8) is 0 Å². The molecule has 3 aromatic rings. The number of nitrogens with zero attached hydrogens (tertiary/aromatic N) is 2. The number of hydrogen-bond donors (Lipinski definition) is 1. The molecule has 1 aliphatic heterocycles. The quantitative estimate of drug-likeness (QED) is 0.582. The second-order valence-corrected chi connectivity index (χ2v) is 8.86. The third kappa shape index (κ3) is 6.00. The number of piperidine rings is 1. The molecule has 0 spiro atoms. The summed E-state index contributed by atoms with van der Waals surface area (Å²) in [5.41, 5.74) is 3.20. The van der Waals surface area contributed by atoms with Crippen LogP contribution in [0, 0.1) is 0 Å². The molecular weight excluding hydrogens is 390 g/mol. The molecule has 156 valence electrons. The first-order valence-corrected chi connectivity index (χ1v) is 11.7. The fourth-order valence-electron chi connectivity index (χ4n) is 4.06. The number of amides is 1. The molecule has 2 heterocycles. The van der Waals surface area contributed by atoms with Crippen LogP contribution in [0.2, 0.25) is 0 Å². The first-order valence-electron chi connectivity index (χ1n) is 10.8. The van der Waals surface area contributed by atoms with Crippen LogP contribution in [0.4, 0.5) is 0 Å². The highest BCUT2D eigenvalue weighted by Gasteiger charge is 2.19. The topological polar surface area (TPSA) is 45.2 Å². The average molecular weight is 420 g/mol. The fraction of sp³-hybridized carbons (Fsp3) is 0.360. The summed E-state index contributed by atoms with van der Waals surface area (Å²) in [7, 11) is 0. The minimum Gasteiger partial charge on any atom is -0.351 e. The summed E-state index contributed by atoms with van der Waals surface area (Å²) in [5, 5.41) is 6.26. The van der Waals surface area contributed by atoms with Crippen molar-refractivity contribution >= 4 is 17.2 Å². The molecule has 0 bridgehead atoms. The Morgan fingerprint density at radius 3 is 2.43 bits per heavy atom. The molecule has 5 heteroatoms. The summed E-state index contributed by atoms with van der Waals surface area (Å²) in [6.07, 6.45) is 5.02. The summed E-state index contributed by atoms with van der Waals surface area (Å²) in [5.74, 6) is 0.0536. The zero-order valence-corrected chi connectivity index (χ0v) is 18.1. The molecule has 1 aliphatic rings. The van der Waals surface area contributed by atoms with Crippen LogP contribution in [0.1, 0.15) is 30.5 Å². The highest BCUT2D eigenvalue weighted by Crippen LogP contribution is 2.23. The van der Waals surface area contributed by atoms with Gasteiger partial charge in [-0.15, -0.1) is 11.3 Å². The molecule has 2 aromatic carbocycles. The molecule has 30 heavy (non-hydrogen) atoms. The van der Waals surface area contributed by atoms with E-state index in [-0.39, 0.29) is 11.9 Å². The number of nitrogens with one attached hydrogen (secondary N) is 1. The molecule has 1 unspecified atom stereocenters. The number of aromatic nitrogens is 1. The van der Waals surface area contributed by atoms with Gasteiger partial charge in [0.2, 0.25) is 5.91 Å². The van der Waals surface area contributed by atoms with Crippen molar-refractivity contribution in [3.05, 3.63) is 77.3 Å². The maximum absolute atomic E-state index is 12.8. The first-order chi connectivity index (χ1) is 14.8. The zero-order chi connectivity index (χ0) is 20.6. The number of rotatable bonds is 8. The Morgan fingerprint density at radius 2 is 1.70 bits per heavy atom. The number of carbonyl (C=O) groups is 1. The zero-order valence-electron chi connectivity index (χ0n) is 17.3. The van der Waals surface area contributed by atoms with Crippen molar-refractivity contribution in [2.75, 3.05) is 19.6 Å². The van der Waals surface area contributed by atoms with Crippen LogP contribution in [-0.4, -0.2) is 41.5 Å². The number of likely N-dealkylation sites (tertiary alicyclic amines) is 1. The summed E-state index contributed by atoms with van der Waals surface area (Å²) >= 11 is 1.60. The number of benzene rings is 2. The molecule has 1 atom stereocenters. The molecule has 1 aromatic heterocycles.